The minimum atomic E-state index is -2.88. The van der Waals surface area contributed by atoms with Gasteiger partial charge in [0.05, 0.1) is 11.4 Å². The summed E-state index contributed by atoms with van der Waals surface area (Å²) >= 11 is 0. The van der Waals surface area contributed by atoms with Crippen molar-refractivity contribution in [2.24, 2.45) is 16.5 Å². The van der Waals surface area contributed by atoms with E-state index in [1.165, 1.54) is 37.4 Å². The number of alkyl halides is 2. The van der Waals surface area contributed by atoms with Gasteiger partial charge in [-0.1, -0.05) is 69.0 Å². The number of hydrogen-bond acceptors (Lipinski definition) is 4. The van der Waals surface area contributed by atoms with Gasteiger partial charge < -0.3 is 16.4 Å². The molecule has 43 heavy (non-hydrogen) atoms. The van der Waals surface area contributed by atoms with Gasteiger partial charge in [0.1, 0.15) is 17.3 Å². The Bertz CT molecular complexity index is 1200. The lowest BCUT2D eigenvalue weighted by molar-refractivity contribution is 0.0127. The zero-order chi connectivity index (χ0) is 33.3. The van der Waals surface area contributed by atoms with E-state index in [-0.39, 0.29) is 11.5 Å². The summed E-state index contributed by atoms with van der Waals surface area (Å²) in [5, 5.41) is 0. The lowest BCUT2D eigenvalue weighted by Crippen LogP contribution is -2.29. The van der Waals surface area contributed by atoms with Crippen LogP contribution in [-0.4, -0.2) is 36.4 Å². The summed E-state index contributed by atoms with van der Waals surface area (Å²) in [6.45, 7) is 17.0. The lowest BCUT2D eigenvalue weighted by atomic mass is 10.1. The number of para-hydroxylation sites is 1. The number of amidine groups is 1. The number of pyridine rings is 1. The molecule has 0 unspecified atom stereocenters. The van der Waals surface area contributed by atoms with Crippen molar-refractivity contribution < 1.29 is 13.2 Å². The Kier molecular flexibility index (Phi) is 23.3. The van der Waals surface area contributed by atoms with Gasteiger partial charge in [0.25, 0.3) is 5.92 Å². The van der Waals surface area contributed by atoms with Crippen LogP contribution in [0.15, 0.2) is 114 Å². The third kappa shape index (κ3) is 18.1. The standard InChI is InChI=1S/C17H25N3.C9H9F2N.C6H5F.C2H6.CH5N/c1-5-7-13-16(14(3)18)17(20(4)6-2)19-15-11-9-8-10-12-15;1-3-7-5-4-6-8(12-7)9(2,10)11;7-6-4-2-1-3-5-6;2*1-2/h5,8-12H,1,6-7,13,18H2,2-4H3;3-6H,1H2,2H3;1-5H;1-2H3;2H2,1H3/b16-14-,19-17?;;;;. The molecule has 0 radical (unpaired) electrons. The molecule has 3 rings (SSSR count). The van der Waals surface area contributed by atoms with Crippen LogP contribution >= 0.6 is 0 Å². The average Bonchev–Trinajstić information content (AvgIpc) is 3.03. The molecule has 0 saturated carbocycles. The van der Waals surface area contributed by atoms with Crippen LogP contribution in [0.5, 0.6) is 0 Å². The van der Waals surface area contributed by atoms with Crippen LogP contribution in [0.4, 0.5) is 18.9 Å². The van der Waals surface area contributed by atoms with Crippen LogP contribution in [0.2, 0.25) is 0 Å². The molecule has 0 aliphatic rings. The number of nitrogens with two attached hydrogens (primary N) is 2. The van der Waals surface area contributed by atoms with E-state index in [1.54, 1.807) is 24.3 Å². The minimum absolute atomic E-state index is 0.178. The van der Waals surface area contributed by atoms with Crippen molar-refractivity contribution >= 4 is 17.6 Å². The first-order valence-corrected chi connectivity index (χ1v) is 14.2. The molecular formula is C35H50F3N5. The molecule has 0 saturated heterocycles. The largest absolute Gasteiger partial charge is 0.402 e. The molecular weight excluding hydrogens is 547 g/mol. The van der Waals surface area contributed by atoms with Gasteiger partial charge in [0.15, 0.2) is 0 Å². The molecule has 0 aliphatic heterocycles. The average molecular weight is 598 g/mol. The molecule has 4 N–H and O–H groups in total. The van der Waals surface area contributed by atoms with E-state index in [2.05, 4.69) is 35.7 Å². The molecule has 3 aromatic rings. The first kappa shape index (κ1) is 41.0. The Hall–Kier alpha value is -4.17. The molecule has 8 heteroatoms. The van der Waals surface area contributed by atoms with Crippen molar-refractivity contribution in [1.29, 1.82) is 0 Å². The minimum Gasteiger partial charge on any atom is -0.402 e. The Labute approximate surface area is 257 Å². The summed E-state index contributed by atoms with van der Waals surface area (Å²) in [6, 6.07) is 22.4. The number of benzene rings is 2. The van der Waals surface area contributed by atoms with Crippen molar-refractivity contribution in [3.63, 3.8) is 0 Å². The van der Waals surface area contributed by atoms with Crippen LogP contribution in [-0.2, 0) is 5.92 Å². The van der Waals surface area contributed by atoms with Crippen molar-refractivity contribution in [1.82, 2.24) is 9.88 Å². The highest BCUT2D eigenvalue weighted by atomic mass is 19.3. The summed E-state index contributed by atoms with van der Waals surface area (Å²) < 4.78 is 37.3. The quantitative estimate of drug-likeness (QED) is 0.154. The fourth-order valence-corrected chi connectivity index (χ4v) is 3.11. The smallest absolute Gasteiger partial charge is 0.286 e. The van der Waals surface area contributed by atoms with E-state index in [0.29, 0.717) is 5.69 Å². The molecule has 236 valence electrons. The number of rotatable bonds is 8. The summed E-state index contributed by atoms with van der Waals surface area (Å²) in [7, 11) is 3.54. The summed E-state index contributed by atoms with van der Waals surface area (Å²) in [5.74, 6) is -2.11. The van der Waals surface area contributed by atoms with E-state index in [1.807, 2.05) is 64.2 Å². The second kappa shape index (κ2) is 24.4. The van der Waals surface area contributed by atoms with Crippen molar-refractivity contribution in [3.05, 3.63) is 127 Å². The van der Waals surface area contributed by atoms with E-state index in [4.69, 9.17) is 10.7 Å². The van der Waals surface area contributed by atoms with Crippen molar-refractivity contribution in [2.75, 3.05) is 20.6 Å². The fraction of sp³-hybridized carbons (Fsp3) is 0.314. The Balaban J connectivity index is 0. The third-order valence-corrected chi connectivity index (χ3v) is 5.33. The molecule has 0 atom stereocenters. The topological polar surface area (TPSA) is 80.5 Å². The fourth-order valence-electron chi connectivity index (χ4n) is 3.11. The number of aromatic nitrogens is 1. The maximum atomic E-state index is 12.7. The van der Waals surface area contributed by atoms with Crippen molar-refractivity contribution in [2.45, 2.75) is 53.4 Å². The van der Waals surface area contributed by atoms with Gasteiger partial charge in [0.2, 0.25) is 0 Å². The molecule has 0 amide bonds. The van der Waals surface area contributed by atoms with Gasteiger partial charge in [-0.15, -0.1) is 6.58 Å². The maximum absolute atomic E-state index is 12.7. The maximum Gasteiger partial charge on any atom is 0.286 e. The second-order valence-corrected chi connectivity index (χ2v) is 8.61. The van der Waals surface area contributed by atoms with Gasteiger partial charge in [-0.25, -0.2) is 14.4 Å². The van der Waals surface area contributed by atoms with Gasteiger partial charge in [-0.2, -0.15) is 8.78 Å². The first-order valence-electron chi connectivity index (χ1n) is 14.2. The normalized spacial score (nSPS) is 10.8. The number of nitrogens with zero attached hydrogens (tertiary/aromatic N) is 3. The monoisotopic (exact) mass is 597 g/mol. The van der Waals surface area contributed by atoms with E-state index in [0.717, 1.165) is 49.1 Å². The van der Waals surface area contributed by atoms with Gasteiger partial charge in [-0.05, 0) is 76.2 Å². The first-order chi connectivity index (χ1) is 20.5. The highest BCUT2D eigenvalue weighted by molar-refractivity contribution is 6.00. The molecule has 0 bridgehead atoms. The number of halogens is 3. The van der Waals surface area contributed by atoms with Crippen LogP contribution in [0.1, 0.15) is 58.8 Å². The Morgan fingerprint density at radius 3 is 1.88 bits per heavy atom. The van der Waals surface area contributed by atoms with E-state index >= 15 is 0 Å². The molecule has 1 aromatic heterocycles. The number of hydrogen-bond donors (Lipinski definition) is 2. The lowest BCUT2D eigenvalue weighted by Gasteiger charge is -2.23. The van der Waals surface area contributed by atoms with Gasteiger partial charge >= 0.3 is 0 Å². The Morgan fingerprint density at radius 1 is 0.953 bits per heavy atom. The molecule has 0 spiro atoms. The SMILES string of the molecule is C=CCC/C(C(=Nc1ccccc1)N(C)CC)=C(\C)N.C=Cc1cccc(C(C)(F)F)n1.CC.CN.Fc1ccccc1. The number of allylic oxidation sites excluding steroid dienone is 2. The highest BCUT2D eigenvalue weighted by Gasteiger charge is 2.25. The van der Waals surface area contributed by atoms with Crippen LogP contribution in [0, 0.1) is 5.82 Å². The second-order valence-electron chi connectivity index (χ2n) is 8.61. The highest BCUT2D eigenvalue weighted by Crippen LogP contribution is 2.25. The van der Waals surface area contributed by atoms with Crippen LogP contribution in [0.3, 0.4) is 0 Å². The molecule has 1 heterocycles. The number of likely N-dealkylation sites (N-methyl/N-ethyl adjacent to an activating group) is 1. The van der Waals surface area contributed by atoms with Crippen LogP contribution < -0.4 is 11.5 Å². The van der Waals surface area contributed by atoms with E-state index < -0.39 is 5.92 Å². The third-order valence-electron chi connectivity index (χ3n) is 5.33. The molecule has 5 nitrogen and oxygen atoms in total. The summed E-state index contributed by atoms with van der Waals surface area (Å²) in [4.78, 5) is 10.6. The molecule has 2 aromatic carbocycles. The zero-order valence-corrected chi connectivity index (χ0v) is 26.8. The molecule has 0 aliphatic carbocycles. The van der Waals surface area contributed by atoms with E-state index in [9.17, 15) is 13.2 Å². The molecule has 0 fully saturated rings. The van der Waals surface area contributed by atoms with Crippen molar-refractivity contribution in [3.8, 4) is 0 Å². The zero-order valence-electron chi connectivity index (χ0n) is 26.8. The Morgan fingerprint density at radius 2 is 1.49 bits per heavy atom. The summed E-state index contributed by atoms with van der Waals surface area (Å²) in [6.07, 6.45) is 5.11. The number of aliphatic imine (C=N–C) groups is 1. The summed E-state index contributed by atoms with van der Waals surface area (Å²) in [5.41, 5.74) is 13.7. The predicted molar refractivity (Wildman–Crippen MR) is 180 cm³/mol. The van der Waals surface area contributed by atoms with Gasteiger partial charge in [-0.3, -0.25) is 0 Å². The van der Waals surface area contributed by atoms with Crippen LogP contribution in [0.25, 0.3) is 6.08 Å². The predicted octanol–water partition coefficient (Wildman–Crippen LogP) is 9.13. The van der Waals surface area contributed by atoms with Gasteiger partial charge in [0, 0.05) is 31.8 Å².